The molecule has 0 heterocycles. The van der Waals surface area contributed by atoms with Gasteiger partial charge in [0.2, 0.25) is 5.91 Å². The third-order valence-electron chi connectivity index (χ3n) is 3.01. The van der Waals surface area contributed by atoms with Crippen molar-refractivity contribution in [2.75, 3.05) is 13.6 Å². The first-order chi connectivity index (χ1) is 8.52. The van der Waals surface area contributed by atoms with Crippen molar-refractivity contribution in [3.8, 4) is 0 Å². The van der Waals surface area contributed by atoms with Crippen LogP contribution in [0.5, 0.6) is 0 Å². The summed E-state index contributed by atoms with van der Waals surface area (Å²) >= 11 is 5.82. The van der Waals surface area contributed by atoms with Gasteiger partial charge in [0.1, 0.15) is 0 Å². The highest BCUT2D eigenvalue weighted by atomic mass is 35.5. The molecule has 1 atom stereocenters. The Hall–Kier alpha value is -1.06. The van der Waals surface area contributed by atoms with Crippen LogP contribution in [0.3, 0.4) is 0 Å². The second kappa shape index (κ2) is 7.39. The number of hydrogen-bond donors (Lipinski definition) is 1. The lowest BCUT2D eigenvalue weighted by molar-refractivity contribution is -0.130. The zero-order chi connectivity index (χ0) is 13.5. The monoisotopic (exact) mass is 268 g/mol. The van der Waals surface area contributed by atoms with Crippen LogP contribution in [0.1, 0.15) is 25.3 Å². The Kier molecular flexibility index (Phi) is 6.16. The van der Waals surface area contributed by atoms with E-state index in [1.54, 1.807) is 4.90 Å². The van der Waals surface area contributed by atoms with Crippen molar-refractivity contribution >= 4 is 17.5 Å². The van der Waals surface area contributed by atoms with Gasteiger partial charge in [0.15, 0.2) is 0 Å². The summed E-state index contributed by atoms with van der Waals surface area (Å²) in [6.07, 6.45) is 1.41. The normalized spacial score (nSPS) is 12.2. The van der Waals surface area contributed by atoms with Gasteiger partial charge in [0, 0.05) is 25.0 Å². The molecule has 18 heavy (non-hydrogen) atoms. The number of amides is 1. The van der Waals surface area contributed by atoms with E-state index < -0.39 is 0 Å². The topological polar surface area (TPSA) is 46.3 Å². The predicted molar refractivity (Wildman–Crippen MR) is 75.4 cm³/mol. The molecule has 0 aliphatic carbocycles. The molecule has 3 nitrogen and oxygen atoms in total. The van der Waals surface area contributed by atoms with E-state index in [2.05, 4.69) is 6.92 Å². The average molecular weight is 269 g/mol. The Balaban J connectivity index is 2.42. The van der Waals surface area contributed by atoms with E-state index >= 15 is 0 Å². The zero-order valence-corrected chi connectivity index (χ0v) is 11.8. The maximum Gasteiger partial charge on any atom is 0.222 e. The Labute approximate surface area is 114 Å². The fourth-order valence-electron chi connectivity index (χ4n) is 1.63. The Morgan fingerprint density at radius 1 is 1.39 bits per heavy atom. The van der Waals surface area contributed by atoms with Gasteiger partial charge in [-0.05, 0) is 36.6 Å². The van der Waals surface area contributed by atoms with Crippen LogP contribution < -0.4 is 5.73 Å². The molecular formula is C14H21ClN2O. The van der Waals surface area contributed by atoms with Crippen molar-refractivity contribution in [1.82, 2.24) is 4.90 Å². The average Bonchev–Trinajstić information content (AvgIpc) is 2.38. The Morgan fingerprint density at radius 3 is 2.56 bits per heavy atom. The fraction of sp³-hybridized carbons (Fsp3) is 0.500. The molecule has 0 fully saturated rings. The standard InChI is InChI=1S/C14H21ClN2O/c1-11(9-16)3-8-14(18)17(2)10-12-4-6-13(15)7-5-12/h4-7,11H,3,8-10,16H2,1-2H3. The molecule has 100 valence electrons. The molecule has 1 amide bonds. The van der Waals surface area contributed by atoms with Crippen molar-refractivity contribution in [2.45, 2.75) is 26.3 Å². The van der Waals surface area contributed by atoms with Gasteiger partial charge in [-0.15, -0.1) is 0 Å². The van der Waals surface area contributed by atoms with E-state index in [4.69, 9.17) is 17.3 Å². The molecule has 1 unspecified atom stereocenters. The van der Waals surface area contributed by atoms with Gasteiger partial charge in [0.05, 0.1) is 0 Å². The number of hydrogen-bond acceptors (Lipinski definition) is 2. The van der Waals surface area contributed by atoms with E-state index in [-0.39, 0.29) is 5.91 Å². The number of carbonyl (C=O) groups excluding carboxylic acids is 1. The van der Waals surface area contributed by atoms with Crippen molar-refractivity contribution < 1.29 is 4.79 Å². The number of benzene rings is 1. The summed E-state index contributed by atoms with van der Waals surface area (Å²) in [7, 11) is 1.82. The molecule has 1 aromatic carbocycles. The van der Waals surface area contributed by atoms with Crippen LogP contribution in [0.25, 0.3) is 0 Å². The summed E-state index contributed by atoms with van der Waals surface area (Å²) in [4.78, 5) is 13.6. The highest BCUT2D eigenvalue weighted by Crippen LogP contribution is 2.12. The van der Waals surface area contributed by atoms with Gasteiger partial charge >= 0.3 is 0 Å². The highest BCUT2D eigenvalue weighted by Gasteiger charge is 2.10. The number of nitrogens with zero attached hydrogens (tertiary/aromatic N) is 1. The summed E-state index contributed by atoms with van der Waals surface area (Å²) < 4.78 is 0. The predicted octanol–water partition coefficient (Wildman–Crippen LogP) is 2.67. The molecule has 1 rings (SSSR count). The fourth-order valence-corrected chi connectivity index (χ4v) is 1.76. The minimum atomic E-state index is 0.158. The molecule has 0 saturated carbocycles. The molecule has 0 aliphatic rings. The van der Waals surface area contributed by atoms with Crippen LogP contribution in [0, 0.1) is 5.92 Å². The van der Waals surface area contributed by atoms with Crippen LogP contribution in [0.15, 0.2) is 24.3 Å². The third kappa shape index (κ3) is 5.07. The molecular weight excluding hydrogens is 248 g/mol. The van der Waals surface area contributed by atoms with E-state index in [9.17, 15) is 4.79 Å². The number of nitrogens with two attached hydrogens (primary N) is 1. The molecule has 2 N–H and O–H groups in total. The molecule has 4 heteroatoms. The van der Waals surface area contributed by atoms with E-state index in [0.717, 1.165) is 12.0 Å². The maximum absolute atomic E-state index is 11.9. The lowest BCUT2D eigenvalue weighted by Gasteiger charge is -2.18. The first-order valence-electron chi connectivity index (χ1n) is 6.21. The van der Waals surface area contributed by atoms with Gasteiger partial charge in [-0.25, -0.2) is 0 Å². The van der Waals surface area contributed by atoms with Crippen LogP contribution in [0.2, 0.25) is 5.02 Å². The highest BCUT2D eigenvalue weighted by molar-refractivity contribution is 6.30. The summed E-state index contributed by atoms with van der Waals surface area (Å²) in [5, 5.41) is 0.713. The van der Waals surface area contributed by atoms with E-state index in [1.165, 1.54) is 0 Å². The molecule has 0 aromatic heterocycles. The van der Waals surface area contributed by atoms with Gasteiger partial charge < -0.3 is 10.6 Å². The van der Waals surface area contributed by atoms with Crippen molar-refractivity contribution in [1.29, 1.82) is 0 Å². The second-order valence-corrected chi connectivity index (χ2v) is 5.19. The van der Waals surface area contributed by atoms with Crippen molar-refractivity contribution in [3.63, 3.8) is 0 Å². The minimum absolute atomic E-state index is 0.158. The quantitative estimate of drug-likeness (QED) is 0.862. The van der Waals surface area contributed by atoms with E-state index in [1.807, 2.05) is 31.3 Å². The Morgan fingerprint density at radius 2 is 2.00 bits per heavy atom. The Bertz CT molecular complexity index is 378. The lowest BCUT2D eigenvalue weighted by Crippen LogP contribution is -2.26. The maximum atomic E-state index is 11.9. The number of carbonyl (C=O) groups is 1. The van der Waals surface area contributed by atoms with Crippen molar-refractivity contribution in [2.24, 2.45) is 11.7 Å². The molecule has 0 spiro atoms. The molecule has 0 radical (unpaired) electrons. The van der Waals surface area contributed by atoms with Crippen LogP contribution in [-0.2, 0) is 11.3 Å². The van der Waals surface area contributed by atoms with Gasteiger partial charge in [0.25, 0.3) is 0 Å². The second-order valence-electron chi connectivity index (χ2n) is 4.76. The molecule has 0 saturated heterocycles. The lowest BCUT2D eigenvalue weighted by atomic mass is 10.1. The summed E-state index contributed by atoms with van der Waals surface area (Å²) in [5.41, 5.74) is 6.62. The summed E-state index contributed by atoms with van der Waals surface area (Å²) in [6.45, 7) is 3.31. The van der Waals surface area contributed by atoms with Crippen LogP contribution >= 0.6 is 11.6 Å². The van der Waals surface area contributed by atoms with E-state index in [0.29, 0.717) is 30.5 Å². The smallest absolute Gasteiger partial charge is 0.222 e. The zero-order valence-electron chi connectivity index (χ0n) is 11.0. The third-order valence-corrected chi connectivity index (χ3v) is 3.26. The van der Waals surface area contributed by atoms with Crippen LogP contribution in [0.4, 0.5) is 0 Å². The summed E-state index contributed by atoms with van der Waals surface area (Å²) in [5.74, 6) is 0.558. The van der Waals surface area contributed by atoms with Crippen LogP contribution in [-0.4, -0.2) is 24.4 Å². The minimum Gasteiger partial charge on any atom is -0.341 e. The SMILES string of the molecule is CC(CN)CCC(=O)N(C)Cc1ccc(Cl)cc1. The summed E-state index contributed by atoms with van der Waals surface area (Å²) in [6, 6.07) is 7.56. The number of halogens is 1. The molecule has 0 bridgehead atoms. The molecule has 1 aromatic rings. The largest absolute Gasteiger partial charge is 0.341 e. The first-order valence-corrected chi connectivity index (χ1v) is 6.59. The molecule has 0 aliphatic heterocycles. The van der Waals surface area contributed by atoms with Gasteiger partial charge in [-0.2, -0.15) is 0 Å². The van der Waals surface area contributed by atoms with Crippen molar-refractivity contribution in [3.05, 3.63) is 34.9 Å². The van der Waals surface area contributed by atoms with Gasteiger partial charge in [-0.1, -0.05) is 30.7 Å². The first kappa shape index (κ1) is 15.0. The number of rotatable bonds is 6. The van der Waals surface area contributed by atoms with Gasteiger partial charge in [-0.3, -0.25) is 4.79 Å².